The first kappa shape index (κ1) is 21.7. The van der Waals surface area contributed by atoms with Gasteiger partial charge in [0.2, 0.25) is 5.91 Å². The van der Waals surface area contributed by atoms with Crippen molar-refractivity contribution in [3.8, 4) is 0 Å². The van der Waals surface area contributed by atoms with Gasteiger partial charge in [0.25, 0.3) is 5.69 Å². The second-order valence-electron chi connectivity index (χ2n) is 8.35. The van der Waals surface area contributed by atoms with E-state index in [0.29, 0.717) is 28.2 Å². The van der Waals surface area contributed by atoms with Crippen LogP contribution in [0.2, 0.25) is 0 Å². The fraction of sp³-hybridized carbons (Fsp3) is 0.250. The molecule has 0 saturated carbocycles. The Morgan fingerprint density at radius 3 is 2.65 bits per heavy atom. The van der Waals surface area contributed by atoms with Crippen LogP contribution in [0.25, 0.3) is 0 Å². The van der Waals surface area contributed by atoms with Crippen LogP contribution in [-0.2, 0) is 4.79 Å². The molecule has 2 aliphatic rings. The van der Waals surface area contributed by atoms with Crippen LogP contribution in [0.5, 0.6) is 0 Å². The highest BCUT2D eigenvalue weighted by atomic mass is 16.6. The number of hydrogen-bond donors (Lipinski definition) is 1. The fourth-order valence-electron chi connectivity index (χ4n) is 4.25. The molecule has 3 aromatic rings. The second kappa shape index (κ2) is 8.99. The van der Waals surface area contributed by atoms with Crippen molar-refractivity contribution in [3.63, 3.8) is 0 Å². The van der Waals surface area contributed by atoms with Crippen LogP contribution >= 0.6 is 0 Å². The highest BCUT2D eigenvalue weighted by Gasteiger charge is 2.36. The predicted molar refractivity (Wildman–Crippen MR) is 129 cm³/mol. The Hall–Kier alpha value is -4.18. The minimum absolute atomic E-state index is 0.0803. The van der Waals surface area contributed by atoms with Gasteiger partial charge < -0.3 is 15.1 Å². The van der Waals surface area contributed by atoms with Crippen LogP contribution in [0.4, 0.5) is 22.9 Å². The maximum Gasteiger partial charge on any atom is 0.271 e. The maximum atomic E-state index is 13.0. The number of nitro benzene ring substituents is 1. The number of non-ortho nitro benzene ring substituents is 1. The summed E-state index contributed by atoms with van der Waals surface area (Å²) in [5.74, 6) is -0.122. The van der Waals surface area contributed by atoms with Crippen molar-refractivity contribution < 1.29 is 9.72 Å². The molecule has 0 radical (unpaired) electrons. The summed E-state index contributed by atoms with van der Waals surface area (Å²) in [5.41, 5.74) is 2.79. The van der Waals surface area contributed by atoms with Crippen molar-refractivity contribution in [2.75, 3.05) is 43.4 Å². The molecule has 0 bridgehead atoms. The van der Waals surface area contributed by atoms with Crippen LogP contribution in [0.1, 0.15) is 17.0 Å². The van der Waals surface area contributed by atoms with Gasteiger partial charge in [-0.05, 0) is 36.9 Å². The van der Waals surface area contributed by atoms with E-state index in [1.54, 1.807) is 30.7 Å². The van der Waals surface area contributed by atoms with Crippen molar-refractivity contribution >= 4 is 34.5 Å². The van der Waals surface area contributed by atoms with Crippen LogP contribution in [-0.4, -0.2) is 64.6 Å². The molecular weight excluding hydrogens is 434 g/mol. The molecule has 10 nitrogen and oxygen atoms in total. The average Bonchev–Trinajstić information content (AvgIpc) is 3.18. The number of fused-ring (bicyclic) bond motifs is 1. The third-order valence-electron chi connectivity index (χ3n) is 6.12. The third-order valence-corrected chi connectivity index (χ3v) is 6.12. The molecule has 5 rings (SSSR count). The Balaban J connectivity index is 1.51. The van der Waals surface area contributed by atoms with Gasteiger partial charge in [-0.2, -0.15) is 0 Å². The van der Waals surface area contributed by atoms with Crippen LogP contribution in [0, 0.1) is 10.1 Å². The average molecular weight is 457 g/mol. The van der Waals surface area contributed by atoms with E-state index in [1.807, 2.05) is 18.2 Å². The molecule has 1 atom stereocenters. The molecule has 1 fully saturated rings. The second-order valence-corrected chi connectivity index (χ2v) is 8.35. The highest BCUT2D eigenvalue weighted by Crippen LogP contribution is 2.38. The first-order valence-corrected chi connectivity index (χ1v) is 11.0. The van der Waals surface area contributed by atoms with E-state index in [2.05, 4.69) is 32.1 Å². The maximum absolute atomic E-state index is 13.0. The lowest BCUT2D eigenvalue weighted by Crippen LogP contribution is -2.44. The zero-order valence-corrected chi connectivity index (χ0v) is 18.6. The number of aromatic nitrogens is 2. The molecule has 1 amide bonds. The summed E-state index contributed by atoms with van der Waals surface area (Å²) in [6, 6.07) is 11.8. The number of benzene rings is 1. The molecule has 0 aliphatic carbocycles. The quantitative estimate of drug-likeness (QED) is 0.356. The van der Waals surface area contributed by atoms with Gasteiger partial charge >= 0.3 is 0 Å². The van der Waals surface area contributed by atoms with E-state index >= 15 is 0 Å². The smallest absolute Gasteiger partial charge is 0.271 e. The number of nitrogens with one attached hydrogen (secondary N) is 1. The van der Waals surface area contributed by atoms with E-state index in [9.17, 15) is 14.9 Å². The van der Waals surface area contributed by atoms with Crippen molar-refractivity contribution in [1.82, 2.24) is 14.9 Å². The van der Waals surface area contributed by atoms with Crippen molar-refractivity contribution in [3.05, 3.63) is 82.3 Å². The SMILES string of the molecule is CN1CCN(c2ccc(N=C(c3cccnc3)C3C(=O)Nc4cc([N+](=O)[O-])ccc43)cn2)CC1. The van der Waals surface area contributed by atoms with Crippen molar-refractivity contribution in [2.45, 2.75) is 5.92 Å². The van der Waals surface area contributed by atoms with Gasteiger partial charge in [-0.15, -0.1) is 0 Å². The Labute approximate surface area is 196 Å². The Morgan fingerprint density at radius 2 is 1.97 bits per heavy atom. The van der Waals surface area contributed by atoms with E-state index in [4.69, 9.17) is 4.99 Å². The van der Waals surface area contributed by atoms with Gasteiger partial charge in [0, 0.05) is 56.3 Å². The largest absolute Gasteiger partial charge is 0.354 e. The summed E-state index contributed by atoms with van der Waals surface area (Å²) < 4.78 is 0. The number of pyridine rings is 2. The molecular formula is C24H23N7O3. The summed E-state index contributed by atoms with van der Waals surface area (Å²) in [7, 11) is 2.11. The summed E-state index contributed by atoms with van der Waals surface area (Å²) in [5, 5.41) is 13.9. The molecule has 1 aromatic carbocycles. The molecule has 0 spiro atoms. The first-order chi connectivity index (χ1) is 16.5. The van der Waals surface area contributed by atoms with Crippen molar-refractivity contribution in [2.24, 2.45) is 4.99 Å². The minimum atomic E-state index is -0.725. The number of nitro groups is 1. The molecule has 1 unspecified atom stereocenters. The van der Waals surface area contributed by atoms with Gasteiger partial charge in [0.15, 0.2) is 0 Å². The number of hydrogen-bond acceptors (Lipinski definition) is 8. The molecule has 2 aliphatic heterocycles. The number of carbonyl (C=O) groups excluding carboxylic acids is 1. The monoisotopic (exact) mass is 457 g/mol. The highest BCUT2D eigenvalue weighted by molar-refractivity contribution is 6.24. The summed E-state index contributed by atoms with van der Waals surface area (Å²) in [6.45, 7) is 3.80. The van der Waals surface area contributed by atoms with Gasteiger partial charge in [-0.25, -0.2) is 9.98 Å². The molecule has 172 valence electrons. The van der Waals surface area contributed by atoms with Gasteiger partial charge in [0.05, 0.1) is 28.2 Å². The fourth-order valence-corrected chi connectivity index (χ4v) is 4.25. The molecule has 2 aromatic heterocycles. The molecule has 10 heteroatoms. The Kier molecular flexibility index (Phi) is 5.72. The number of piperazine rings is 1. The number of carbonyl (C=O) groups is 1. The number of likely N-dealkylation sites (N-methyl/N-ethyl adjacent to an activating group) is 1. The molecule has 1 N–H and O–H groups in total. The van der Waals surface area contributed by atoms with Gasteiger partial charge in [-0.3, -0.25) is 19.9 Å². The van der Waals surface area contributed by atoms with Gasteiger partial charge in [-0.1, -0.05) is 6.07 Å². The molecule has 34 heavy (non-hydrogen) atoms. The minimum Gasteiger partial charge on any atom is -0.354 e. The molecule has 4 heterocycles. The number of nitrogens with zero attached hydrogens (tertiary/aromatic N) is 6. The van der Waals surface area contributed by atoms with Gasteiger partial charge in [0.1, 0.15) is 11.7 Å². The normalized spacial score (nSPS) is 18.5. The summed E-state index contributed by atoms with van der Waals surface area (Å²) in [6.07, 6.45) is 5.01. The zero-order chi connectivity index (χ0) is 23.7. The van der Waals surface area contributed by atoms with Crippen LogP contribution in [0.3, 0.4) is 0 Å². The Morgan fingerprint density at radius 1 is 1.15 bits per heavy atom. The molecule has 1 saturated heterocycles. The van der Waals surface area contributed by atoms with Crippen LogP contribution < -0.4 is 10.2 Å². The standard InChI is InChI=1S/C24H23N7O3/c1-29-9-11-30(12-10-29)21-7-4-17(15-26-21)27-23(16-3-2-8-25-14-16)22-19-6-5-18(31(33)34)13-20(19)28-24(22)32/h2-8,13-15,22H,9-12H2,1H3,(H,28,32). The zero-order valence-electron chi connectivity index (χ0n) is 18.6. The van der Waals surface area contributed by atoms with Crippen molar-refractivity contribution in [1.29, 1.82) is 0 Å². The van der Waals surface area contributed by atoms with E-state index in [-0.39, 0.29) is 11.6 Å². The van der Waals surface area contributed by atoms with Crippen LogP contribution in [0.15, 0.2) is 66.0 Å². The van der Waals surface area contributed by atoms with E-state index in [1.165, 1.54) is 12.1 Å². The lowest BCUT2D eigenvalue weighted by molar-refractivity contribution is -0.384. The lowest BCUT2D eigenvalue weighted by Gasteiger charge is -2.33. The number of aliphatic imine (C=N–C) groups is 1. The Bertz CT molecular complexity index is 1250. The summed E-state index contributed by atoms with van der Waals surface area (Å²) >= 11 is 0. The summed E-state index contributed by atoms with van der Waals surface area (Å²) in [4.78, 5) is 41.8. The number of rotatable bonds is 5. The number of amides is 1. The van der Waals surface area contributed by atoms with E-state index < -0.39 is 10.8 Å². The van der Waals surface area contributed by atoms with E-state index in [0.717, 1.165) is 32.0 Å². The first-order valence-electron chi connectivity index (χ1n) is 11.0. The number of anilines is 2. The third kappa shape index (κ3) is 4.23. The lowest BCUT2D eigenvalue weighted by atomic mass is 9.91. The topological polar surface area (TPSA) is 117 Å². The predicted octanol–water partition coefficient (Wildman–Crippen LogP) is 2.99.